The molecule has 29 heteroatoms. The standard InChI is InChI=1S/C32H45N3O4S.C10H12N2O4.C8H11N3O3S.CH4N2O2.CH4O3S/c1-21-25(15-10-16-28(21)36)30(38)33-26(20-40-24-13-6-5-7-14-24)29(37)19-35-18-23-12-9-8-11-22(23)17-27(35)31(39)34-32(2,3)4;1-6-4-12(10(15)11-9(6)14)8-3-2-7(5-13)16-8;9-5-1-2-11(8(13)10-5)6-4-15-7(3-12)14-6;2-1(4)3-5;1-5(2,3)4/h5-7,10,13-16,22-23,26-27,29,36-37H,8-9,11-12,17-20H2,1-4H3,(H,33,38)(H,34,39);2-4,7-8,13H,5H2,1H3,(H,11,14,15);1-2,6-7,12H,3-4H2,(H2,9,10,13);5H,(H3,2,3,4);1H3,(H,2,3,4)/t22-,23+,26-,27-,29+;7-,8+;6-,7+;;/m000../s1. The van der Waals surface area contributed by atoms with E-state index < -0.39 is 57.6 Å². The van der Waals surface area contributed by atoms with Gasteiger partial charge in [-0.15, -0.1) is 23.5 Å². The summed E-state index contributed by atoms with van der Waals surface area (Å²) in [7, 11) is -3.67. The van der Waals surface area contributed by atoms with Crippen LogP contribution >= 0.6 is 23.5 Å². The molecule has 1 saturated carbocycles. The number of primary amides is 1. The summed E-state index contributed by atoms with van der Waals surface area (Å²) >= 11 is 3.04. The van der Waals surface area contributed by atoms with Crippen LogP contribution < -0.4 is 44.5 Å². The van der Waals surface area contributed by atoms with Gasteiger partial charge in [0, 0.05) is 64.1 Å². The van der Waals surface area contributed by atoms with Crippen molar-refractivity contribution in [2.45, 2.75) is 119 Å². The number of hydrogen-bond acceptors (Lipinski definition) is 20. The number of amides is 4. The molecule has 1 aliphatic carbocycles. The van der Waals surface area contributed by atoms with Crippen LogP contribution in [0.1, 0.15) is 86.8 Å². The fourth-order valence-electron chi connectivity index (χ4n) is 8.92. The van der Waals surface area contributed by atoms with Crippen LogP contribution in [0.15, 0.2) is 98.4 Å². The van der Waals surface area contributed by atoms with E-state index in [4.69, 9.17) is 35.2 Å². The summed E-state index contributed by atoms with van der Waals surface area (Å²) in [5.74, 6) is 2.09. The molecule has 3 aliphatic heterocycles. The number of hydroxylamine groups is 1. The number of urea groups is 1. The van der Waals surface area contributed by atoms with E-state index in [9.17, 15) is 47.4 Å². The average Bonchev–Trinajstić information content (AvgIpc) is 4.14. The van der Waals surface area contributed by atoms with Gasteiger partial charge < -0.3 is 52.0 Å². The third kappa shape index (κ3) is 22.6. The molecular formula is C52H76N10O16S3. The molecule has 0 radical (unpaired) electrons. The molecule has 0 spiro atoms. The molecular weight excluding hydrogens is 1120 g/mol. The number of H-pyrrole nitrogens is 1. The average molecular weight is 1190 g/mol. The summed E-state index contributed by atoms with van der Waals surface area (Å²) in [6, 6.07) is 14.5. The fourth-order valence-corrected chi connectivity index (χ4v) is 10.9. The monoisotopic (exact) mass is 1190 g/mol. The van der Waals surface area contributed by atoms with Crippen LogP contribution in [0, 0.1) is 25.7 Å². The van der Waals surface area contributed by atoms with Gasteiger partial charge in [-0.05, 0) is 95.7 Å². The minimum absolute atomic E-state index is 0.0124. The maximum atomic E-state index is 13.5. The summed E-state index contributed by atoms with van der Waals surface area (Å²) in [5, 5.41) is 53.2. The molecule has 0 unspecified atom stereocenters. The number of ether oxygens (including phenoxy) is 2. The number of nitrogens with two attached hydrogens (primary N) is 2. The van der Waals surface area contributed by atoms with Gasteiger partial charge >= 0.3 is 17.4 Å². The second kappa shape index (κ2) is 31.9. The smallest absolute Gasteiger partial charge is 0.351 e. The Bertz CT molecular complexity index is 3010. The lowest BCUT2D eigenvalue weighted by Gasteiger charge is -2.47. The van der Waals surface area contributed by atoms with E-state index in [1.54, 1.807) is 68.2 Å². The summed E-state index contributed by atoms with van der Waals surface area (Å²) in [5.41, 5.74) is 10.2. The molecule has 4 aromatic rings. The van der Waals surface area contributed by atoms with E-state index in [1.807, 2.05) is 51.1 Å². The number of aliphatic hydroxyl groups excluding tert-OH is 3. The first-order chi connectivity index (χ1) is 38.1. The molecule has 3 fully saturated rings. The van der Waals surface area contributed by atoms with Crippen LogP contribution in [0.3, 0.4) is 0 Å². The van der Waals surface area contributed by atoms with Crippen molar-refractivity contribution in [1.82, 2.24) is 40.1 Å². The number of aryl methyl sites for hydroxylation is 1. The van der Waals surface area contributed by atoms with Crippen molar-refractivity contribution in [2.75, 3.05) is 49.8 Å². The summed E-state index contributed by atoms with van der Waals surface area (Å²) in [6.07, 6.45) is 10.4. The van der Waals surface area contributed by atoms with Crippen LogP contribution in [0.5, 0.6) is 5.75 Å². The normalized spacial score (nSPS) is 22.0. The highest BCUT2D eigenvalue weighted by molar-refractivity contribution is 8.00. The number of benzene rings is 2. The number of likely N-dealkylation sites (tertiary alicyclic amines) is 1. The number of phenolic OH excluding ortho intramolecular Hbond substituents is 1. The number of nitrogens with zero attached hydrogens (tertiary/aromatic N) is 4. The predicted molar refractivity (Wildman–Crippen MR) is 305 cm³/mol. The number of phenols is 1. The highest BCUT2D eigenvalue weighted by atomic mass is 32.2. The van der Waals surface area contributed by atoms with Gasteiger partial charge in [0.2, 0.25) is 5.91 Å². The van der Waals surface area contributed by atoms with E-state index in [0.717, 1.165) is 30.7 Å². The Morgan fingerprint density at radius 1 is 0.963 bits per heavy atom. The largest absolute Gasteiger partial charge is 0.508 e. The maximum absolute atomic E-state index is 13.5. The van der Waals surface area contributed by atoms with E-state index in [2.05, 4.69) is 31.2 Å². The zero-order chi connectivity index (χ0) is 60.2. The molecule has 14 N–H and O–H groups in total. The number of aromatic amines is 1. The third-order valence-corrected chi connectivity index (χ3v) is 15.0. The van der Waals surface area contributed by atoms with Gasteiger partial charge in [-0.2, -0.15) is 13.4 Å². The number of carbonyl (C=O) groups is 3. The number of anilines is 1. The van der Waals surface area contributed by atoms with E-state index in [0.29, 0.717) is 52.8 Å². The highest BCUT2D eigenvalue weighted by Gasteiger charge is 2.42. The van der Waals surface area contributed by atoms with Crippen molar-refractivity contribution < 1.29 is 62.5 Å². The first kappa shape index (κ1) is 67.4. The van der Waals surface area contributed by atoms with Crippen molar-refractivity contribution in [3.8, 4) is 5.75 Å². The minimum atomic E-state index is -3.67. The molecule has 4 amide bonds. The van der Waals surface area contributed by atoms with Crippen LogP contribution in [0.4, 0.5) is 10.6 Å². The van der Waals surface area contributed by atoms with Crippen LogP contribution in [-0.2, 0) is 24.4 Å². The summed E-state index contributed by atoms with van der Waals surface area (Å²) in [4.78, 5) is 79.1. The Balaban J connectivity index is 0.000000279. The van der Waals surface area contributed by atoms with Gasteiger partial charge in [0.05, 0.1) is 37.7 Å². The Labute approximate surface area is 477 Å². The topological polar surface area (TPSA) is 406 Å². The fraction of sp³-hybridized carbons (Fsp3) is 0.519. The molecule has 5 heterocycles. The van der Waals surface area contributed by atoms with E-state index in [-0.39, 0.29) is 59.8 Å². The number of β-amino-alcohol motifs (C(OH)–C–C–N with tert-alkyl or cyclic N) is 1. The number of carbonyl (C=O) groups excluding carboxylic acids is 3. The molecule has 4 aliphatic rings. The number of nitrogens with one attached hydrogen (secondary N) is 4. The molecule has 2 aromatic carbocycles. The Hall–Kier alpha value is -6.12. The summed E-state index contributed by atoms with van der Waals surface area (Å²) < 4.78 is 39.3. The van der Waals surface area contributed by atoms with Crippen molar-refractivity contribution >= 4 is 57.3 Å². The lowest BCUT2D eigenvalue weighted by atomic mass is 9.72. The number of aromatic nitrogens is 4. The second-order valence-electron chi connectivity index (χ2n) is 20.4. The first-order valence-corrected chi connectivity index (χ1v) is 29.6. The van der Waals surface area contributed by atoms with Gasteiger partial charge in [0.15, 0.2) is 6.23 Å². The zero-order valence-electron chi connectivity index (χ0n) is 45.9. The quantitative estimate of drug-likeness (QED) is 0.0299. The van der Waals surface area contributed by atoms with Crippen molar-refractivity contribution in [1.29, 1.82) is 0 Å². The first-order valence-electron chi connectivity index (χ1n) is 25.7. The van der Waals surface area contributed by atoms with Crippen molar-refractivity contribution in [3.05, 3.63) is 127 Å². The Kier molecular flexibility index (Phi) is 26.6. The maximum Gasteiger partial charge on any atom is 0.351 e. The molecule has 8 rings (SSSR count). The van der Waals surface area contributed by atoms with Crippen LogP contribution in [0.25, 0.3) is 0 Å². The number of piperidine rings is 1. The summed E-state index contributed by atoms with van der Waals surface area (Å²) in [6.45, 7) is 10.2. The third-order valence-electron chi connectivity index (χ3n) is 12.8. The lowest BCUT2D eigenvalue weighted by molar-refractivity contribution is -0.132. The van der Waals surface area contributed by atoms with Crippen molar-refractivity contribution in [3.63, 3.8) is 0 Å². The molecule has 2 aromatic heterocycles. The Morgan fingerprint density at radius 3 is 2.20 bits per heavy atom. The number of aliphatic hydroxyl groups is 3. The SMILES string of the molecule is CS(=O)(=O)O.Cc1c(O)cccc1C(=O)N[C@@H](CSc1ccccc1)[C@H](O)CN1C[C@H]2CCCC[C@H]2C[C@H]1C(=O)NC(C)(C)C.Cc1cn([C@H]2C=C[C@@H](CO)O2)c(=O)[nH]c1=O.NC(=O)NO.Nc1ccn([C@@H]2CS[C@H](CO)O2)c(=O)n1. The molecule has 448 valence electrons. The molecule has 9 atom stereocenters. The number of thioether (sulfide) groups is 2. The Morgan fingerprint density at radius 2 is 1.62 bits per heavy atom. The van der Waals surface area contributed by atoms with Crippen LogP contribution in [-0.4, -0.2) is 160 Å². The zero-order valence-corrected chi connectivity index (χ0v) is 48.4. The molecule has 0 bridgehead atoms. The predicted octanol–water partition coefficient (Wildman–Crippen LogP) is 1.99. The van der Waals surface area contributed by atoms with Gasteiger partial charge in [-0.1, -0.05) is 49.6 Å². The number of aromatic hydroxyl groups is 1. The van der Waals surface area contributed by atoms with Gasteiger partial charge in [-0.25, -0.2) is 19.9 Å². The second-order valence-corrected chi connectivity index (χ2v) is 24.1. The van der Waals surface area contributed by atoms with Gasteiger partial charge in [-0.3, -0.25) is 43.2 Å². The minimum Gasteiger partial charge on any atom is -0.508 e. The van der Waals surface area contributed by atoms with Crippen molar-refractivity contribution in [2.24, 2.45) is 17.6 Å². The van der Waals surface area contributed by atoms with Gasteiger partial charge in [0.25, 0.3) is 21.6 Å². The molecule has 2 saturated heterocycles. The number of nitrogen functional groups attached to an aromatic ring is 1. The van der Waals surface area contributed by atoms with Gasteiger partial charge in [0.1, 0.15) is 29.3 Å². The van der Waals surface area contributed by atoms with E-state index in [1.165, 1.54) is 45.4 Å². The molecule has 26 nitrogen and oxygen atoms in total. The van der Waals surface area contributed by atoms with Crippen LogP contribution in [0.2, 0.25) is 0 Å². The highest BCUT2D eigenvalue weighted by Crippen LogP contribution is 2.39. The number of hydrogen-bond donors (Lipinski definition) is 12. The number of fused-ring (bicyclic) bond motifs is 1. The van der Waals surface area contributed by atoms with E-state index >= 15 is 0 Å². The lowest BCUT2D eigenvalue weighted by Crippen LogP contribution is -2.60. The molecule has 81 heavy (non-hydrogen) atoms. The number of rotatable bonds is 13.